The van der Waals surface area contributed by atoms with Gasteiger partial charge in [-0.1, -0.05) is 6.07 Å². The minimum absolute atomic E-state index is 0.278. The van der Waals surface area contributed by atoms with Gasteiger partial charge in [0, 0.05) is 17.0 Å². The number of hydroxylamine groups is 1. The summed E-state index contributed by atoms with van der Waals surface area (Å²) in [6.07, 6.45) is 1.98. The maximum Gasteiger partial charge on any atom is 0.352 e. The standard InChI is InChI=1S/C22H25N5O4S3/c1-22(2,3)31-26-20(29)27(13-7-6-8-14(9-13)30-11-17(23)28)21-25-16(12-33-21)15-10-18(24-4)34-19(15)32-5/h6-10,12H,4,11H2,1-3,5H3,(H2,23,28)(H,26,29). The van der Waals surface area contributed by atoms with Gasteiger partial charge in [0.05, 0.1) is 21.2 Å². The van der Waals surface area contributed by atoms with Crippen LogP contribution in [0.1, 0.15) is 20.8 Å². The first-order valence-corrected chi connectivity index (χ1v) is 12.9. The van der Waals surface area contributed by atoms with Gasteiger partial charge < -0.3 is 10.5 Å². The van der Waals surface area contributed by atoms with Crippen molar-refractivity contribution in [2.45, 2.75) is 30.6 Å². The number of nitrogens with one attached hydrogen (secondary N) is 1. The van der Waals surface area contributed by atoms with E-state index in [1.165, 1.54) is 27.6 Å². The molecule has 0 atom stereocenters. The second-order valence-corrected chi connectivity index (χ2v) is 10.8. The van der Waals surface area contributed by atoms with Gasteiger partial charge in [0.25, 0.3) is 5.91 Å². The van der Waals surface area contributed by atoms with Crippen molar-refractivity contribution < 1.29 is 19.2 Å². The summed E-state index contributed by atoms with van der Waals surface area (Å²) in [5.41, 5.74) is 9.18. The molecule has 0 radical (unpaired) electrons. The first-order valence-electron chi connectivity index (χ1n) is 10.0. The number of benzene rings is 1. The van der Waals surface area contributed by atoms with Crippen molar-refractivity contribution in [3.8, 4) is 17.0 Å². The molecule has 0 saturated carbocycles. The van der Waals surface area contributed by atoms with E-state index in [9.17, 15) is 9.59 Å². The molecule has 2 heterocycles. The number of aliphatic imine (C=N–C) groups is 1. The lowest BCUT2D eigenvalue weighted by atomic mass is 10.2. The highest BCUT2D eigenvalue weighted by molar-refractivity contribution is 8.00. The molecule has 9 nitrogen and oxygen atoms in total. The van der Waals surface area contributed by atoms with Crippen molar-refractivity contribution in [2.24, 2.45) is 10.7 Å². The highest BCUT2D eigenvalue weighted by atomic mass is 32.2. The fraction of sp³-hybridized carbons (Fsp3) is 0.273. The predicted molar refractivity (Wildman–Crippen MR) is 139 cm³/mol. The minimum atomic E-state index is -0.600. The molecule has 3 amide bonds. The van der Waals surface area contributed by atoms with Crippen LogP contribution < -0.4 is 20.9 Å². The summed E-state index contributed by atoms with van der Waals surface area (Å²) in [5, 5.41) is 3.09. The summed E-state index contributed by atoms with van der Waals surface area (Å²) in [5.74, 6) is -0.219. The number of thioether (sulfide) groups is 1. The monoisotopic (exact) mass is 519 g/mol. The molecule has 3 N–H and O–H groups in total. The lowest BCUT2D eigenvalue weighted by Gasteiger charge is -2.24. The van der Waals surface area contributed by atoms with Gasteiger partial charge in [0.1, 0.15) is 10.8 Å². The maximum atomic E-state index is 13.2. The number of nitrogens with zero attached hydrogens (tertiary/aromatic N) is 3. The van der Waals surface area contributed by atoms with Crippen LogP contribution in [0.2, 0.25) is 0 Å². The zero-order chi connectivity index (χ0) is 24.9. The zero-order valence-electron chi connectivity index (χ0n) is 19.2. The van der Waals surface area contributed by atoms with E-state index >= 15 is 0 Å². The Kier molecular flexibility index (Phi) is 8.31. The Bertz CT molecular complexity index is 1190. The number of hydrogen-bond donors (Lipinski definition) is 2. The molecule has 0 saturated heterocycles. The molecule has 12 heteroatoms. The molecule has 0 aliphatic heterocycles. The van der Waals surface area contributed by atoms with E-state index in [-0.39, 0.29) is 6.61 Å². The summed E-state index contributed by atoms with van der Waals surface area (Å²) in [7, 11) is 0. The van der Waals surface area contributed by atoms with Gasteiger partial charge in [-0.05, 0) is 51.9 Å². The van der Waals surface area contributed by atoms with Crippen LogP contribution in [0, 0.1) is 0 Å². The summed E-state index contributed by atoms with van der Waals surface area (Å²) >= 11 is 4.42. The van der Waals surface area contributed by atoms with Gasteiger partial charge >= 0.3 is 6.03 Å². The summed E-state index contributed by atoms with van der Waals surface area (Å²) in [4.78, 5) is 39.9. The molecule has 0 unspecified atom stereocenters. The maximum absolute atomic E-state index is 13.2. The number of hydrogen-bond acceptors (Lipinski definition) is 9. The molecule has 0 aliphatic carbocycles. The van der Waals surface area contributed by atoms with Crippen LogP contribution >= 0.6 is 34.4 Å². The molecule has 180 valence electrons. The Morgan fingerprint density at radius 2 is 2.09 bits per heavy atom. The molecule has 2 aromatic heterocycles. The smallest absolute Gasteiger partial charge is 0.352 e. The van der Waals surface area contributed by atoms with Crippen LogP contribution in [0.25, 0.3) is 11.3 Å². The number of rotatable bonds is 9. The fourth-order valence-corrected chi connectivity index (χ4v) is 5.20. The number of thiophene rings is 1. The lowest BCUT2D eigenvalue weighted by Crippen LogP contribution is -2.41. The number of primary amides is 1. The van der Waals surface area contributed by atoms with E-state index < -0.39 is 17.5 Å². The average molecular weight is 520 g/mol. The third-order valence-electron chi connectivity index (χ3n) is 4.09. The van der Waals surface area contributed by atoms with Crippen LogP contribution in [0.15, 0.2) is 44.9 Å². The van der Waals surface area contributed by atoms with Gasteiger partial charge in [-0.2, -0.15) is 0 Å². The van der Waals surface area contributed by atoms with E-state index in [4.69, 9.17) is 20.3 Å². The number of urea groups is 1. The summed E-state index contributed by atoms with van der Waals surface area (Å²) < 4.78 is 6.46. The summed E-state index contributed by atoms with van der Waals surface area (Å²) in [6, 6.07) is 8.12. The molecular formula is C22H25N5O4S3. The molecule has 0 spiro atoms. The molecule has 0 aliphatic rings. The van der Waals surface area contributed by atoms with Crippen LogP contribution in [-0.4, -0.2) is 42.1 Å². The van der Waals surface area contributed by atoms with E-state index in [0.29, 0.717) is 22.3 Å². The molecule has 0 bridgehead atoms. The van der Waals surface area contributed by atoms with Crippen molar-refractivity contribution in [3.05, 3.63) is 35.7 Å². The van der Waals surface area contributed by atoms with Gasteiger partial charge in [-0.25, -0.2) is 20.2 Å². The van der Waals surface area contributed by atoms with Crippen LogP contribution in [0.5, 0.6) is 5.75 Å². The number of aromatic nitrogens is 1. The topological polar surface area (TPSA) is 119 Å². The molecule has 0 fully saturated rings. The van der Waals surface area contributed by atoms with Gasteiger partial charge in [-0.3, -0.25) is 14.6 Å². The van der Waals surface area contributed by atoms with Gasteiger partial charge in [0.2, 0.25) is 0 Å². The van der Waals surface area contributed by atoms with Crippen molar-refractivity contribution >= 4 is 68.9 Å². The number of ether oxygens (including phenoxy) is 1. The Morgan fingerprint density at radius 1 is 1.32 bits per heavy atom. The van der Waals surface area contributed by atoms with Gasteiger partial charge in [-0.15, -0.1) is 34.4 Å². The number of carbonyl (C=O) groups is 2. The average Bonchev–Trinajstić information content (AvgIpc) is 3.43. The van der Waals surface area contributed by atoms with Crippen LogP contribution in [0.4, 0.5) is 20.6 Å². The molecule has 34 heavy (non-hydrogen) atoms. The van der Waals surface area contributed by atoms with E-state index in [1.54, 1.807) is 36.0 Å². The van der Waals surface area contributed by atoms with Crippen molar-refractivity contribution in [1.29, 1.82) is 0 Å². The number of anilines is 2. The van der Waals surface area contributed by atoms with Crippen molar-refractivity contribution in [3.63, 3.8) is 0 Å². The number of amides is 3. The fourth-order valence-electron chi connectivity index (χ4n) is 2.68. The first kappa shape index (κ1) is 25.7. The minimum Gasteiger partial charge on any atom is -0.484 e. The largest absolute Gasteiger partial charge is 0.484 e. The molecule has 3 rings (SSSR count). The van der Waals surface area contributed by atoms with Crippen molar-refractivity contribution in [2.75, 3.05) is 17.8 Å². The third kappa shape index (κ3) is 6.56. The zero-order valence-corrected chi connectivity index (χ0v) is 21.6. The summed E-state index contributed by atoms with van der Waals surface area (Å²) in [6.45, 7) is 8.79. The molecule has 3 aromatic rings. The number of nitrogens with two attached hydrogens (primary N) is 1. The van der Waals surface area contributed by atoms with Gasteiger partial charge in [0.15, 0.2) is 11.7 Å². The normalized spacial score (nSPS) is 11.2. The molecule has 1 aromatic carbocycles. The SMILES string of the molecule is C=Nc1cc(-c2csc(N(C(=O)NOC(C)(C)C)c3cccc(OCC(N)=O)c3)n2)c(SC)s1. The predicted octanol–water partition coefficient (Wildman–Crippen LogP) is 5.37. The van der Waals surface area contributed by atoms with E-state index in [2.05, 4.69) is 17.2 Å². The number of thiazole rings is 1. The quantitative estimate of drug-likeness (QED) is 0.223. The third-order valence-corrected chi connectivity index (χ3v) is 7.12. The first-order chi connectivity index (χ1) is 16.1. The van der Waals surface area contributed by atoms with Crippen molar-refractivity contribution in [1.82, 2.24) is 10.5 Å². The van der Waals surface area contributed by atoms with Crippen LogP contribution in [-0.2, 0) is 9.63 Å². The lowest BCUT2D eigenvalue weighted by molar-refractivity contribution is -0.119. The second kappa shape index (κ2) is 11.0. The Hall–Kier alpha value is -2.93. The number of carbonyl (C=O) groups excluding carboxylic acids is 2. The highest BCUT2D eigenvalue weighted by Crippen LogP contribution is 2.43. The Balaban J connectivity index is 1.99. The molecular weight excluding hydrogens is 494 g/mol. The Labute approximate surface area is 210 Å². The highest BCUT2D eigenvalue weighted by Gasteiger charge is 2.25. The Morgan fingerprint density at radius 3 is 2.74 bits per heavy atom. The van der Waals surface area contributed by atoms with Crippen LogP contribution in [0.3, 0.4) is 0 Å². The second-order valence-electron chi connectivity index (χ2n) is 7.87. The van der Waals surface area contributed by atoms with E-state index in [0.717, 1.165) is 14.8 Å². The van der Waals surface area contributed by atoms with E-state index in [1.807, 2.05) is 38.5 Å².